The summed E-state index contributed by atoms with van der Waals surface area (Å²) in [4.78, 5) is 0. The molecule has 1 nitrogen and oxygen atoms in total. The standard InChI is InChI=1S/C16H27N/c1-3-4-5-6-14-11-13(2)7-8-15(14)12-17-16-9-10-16/h1,13-17H,4-12H2,2H3. The second kappa shape index (κ2) is 6.45. The van der Waals surface area contributed by atoms with Crippen LogP contribution in [-0.4, -0.2) is 12.6 Å². The minimum Gasteiger partial charge on any atom is -0.314 e. The highest BCUT2D eigenvalue weighted by Gasteiger charge is 2.29. The maximum Gasteiger partial charge on any atom is 0.00861 e. The number of hydrogen-bond donors (Lipinski definition) is 1. The Kier molecular flexibility index (Phi) is 4.92. The van der Waals surface area contributed by atoms with Crippen LogP contribution in [0.2, 0.25) is 0 Å². The van der Waals surface area contributed by atoms with Crippen LogP contribution >= 0.6 is 0 Å². The first-order valence-electron chi connectivity index (χ1n) is 7.46. The molecule has 17 heavy (non-hydrogen) atoms. The summed E-state index contributed by atoms with van der Waals surface area (Å²) in [6.07, 6.45) is 16.0. The second-order valence-electron chi connectivity index (χ2n) is 6.22. The Bertz CT molecular complexity index is 261. The van der Waals surface area contributed by atoms with E-state index in [-0.39, 0.29) is 0 Å². The van der Waals surface area contributed by atoms with Gasteiger partial charge in [0, 0.05) is 12.5 Å². The van der Waals surface area contributed by atoms with E-state index in [4.69, 9.17) is 6.42 Å². The van der Waals surface area contributed by atoms with Crippen LogP contribution in [0.25, 0.3) is 0 Å². The van der Waals surface area contributed by atoms with Gasteiger partial charge in [0.25, 0.3) is 0 Å². The SMILES string of the molecule is C#CCCCC1CC(C)CCC1CNC1CC1. The fourth-order valence-corrected chi connectivity index (χ4v) is 3.26. The molecule has 0 heterocycles. The van der Waals surface area contributed by atoms with Gasteiger partial charge in [-0.1, -0.05) is 13.3 Å². The average molecular weight is 233 g/mol. The van der Waals surface area contributed by atoms with Gasteiger partial charge in [-0.25, -0.2) is 0 Å². The third-order valence-electron chi connectivity index (χ3n) is 4.54. The highest BCUT2D eigenvalue weighted by atomic mass is 14.9. The zero-order valence-corrected chi connectivity index (χ0v) is 11.3. The lowest BCUT2D eigenvalue weighted by Gasteiger charge is -2.35. The van der Waals surface area contributed by atoms with Gasteiger partial charge in [0.15, 0.2) is 0 Å². The first-order valence-corrected chi connectivity index (χ1v) is 7.46. The molecule has 0 saturated heterocycles. The van der Waals surface area contributed by atoms with Crippen LogP contribution in [0, 0.1) is 30.1 Å². The summed E-state index contributed by atoms with van der Waals surface area (Å²) in [5.41, 5.74) is 0. The van der Waals surface area contributed by atoms with Crippen molar-refractivity contribution >= 4 is 0 Å². The van der Waals surface area contributed by atoms with E-state index in [1.165, 1.54) is 51.5 Å². The van der Waals surface area contributed by atoms with Crippen LogP contribution < -0.4 is 5.32 Å². The van der Waals surface area contributed by atoms with E-state index in [9.17, 15) is 0 Å². The first kappa shape index (κ1) is 13.0. The first-order chi connectivity index (χ1) is 8.29. The molecule has 1 heteroatoms. The minimum absolute atomic E-state index is 0.862. The summed E-state index contributed by atoms with van der Waals surface area (Å²) in [7, 11) is 0. The molecule has 0 aliphatic heterocycles. The lowest BCUT2D eigenvalue weighted by Crippen LogP contribution is -2.33. The Hall–Kier alpha value is -0.480. The molecule has 0 bridgehead atoms. The Labute approximate surface area is 107 Å². The Morgan fingerprint density at radius 3 is 2.71 bits per heavy atom. The van der Waals surface area contributed by atoms with Gasteiger partial charge in [-0.05, 0) is 62.8 Å². The van der Waals surface area contributed by atoms with Crippen molar-refractivity contribution in [1.82, 2.24) is 5.32 Å². The number of rotatable bonds is 6. The van der Waals surface area contributed by atoms with E-state index in [1.54, 1.807) is 0 Å². The van der Waals surface area contributed by atoms with E-state index >= 15 is 0 Å². The minimum atomic E-state index is 0.862. The molecule has 0 spiro atoms. The normalized spacial score (nSPS) is 33.3. The summed E-state index contributed by atoms with van der Waals surface area (Å²) >= 11 is 0. The van der Waals surface area contributed by atoms with Crippen molar-refractivity contribution in [3.8, 4) is 12.3 Å². The predicted octanol–water partition coefficient (Wildman–Crippen LogP) is 3.59. The summed E-state index contributed by atoms with van der Waals surface area (Å²) in [5.74, 6) is 5.56. The second-order valence-corrected chi connectivity index (χ2v) is 6.22. The highest BCUT2D eigenvalue weighted by Crippen LogP contribution is 2.36. The number of nitrogens with one attached hydrogen (secondary N) is 1. The molecule has 0 aromatic heterocycles. The molecule has 3 unspecified atom stereocenters. The summed E-state index contributed by atoms with van der Waals surface area (Å²) in [6.45, 7) is 3.68. The Balaban J connectivity index is 1.75. The van der Waals surface area contributed by atoms with E-state index in [2.05, 4.69) is 18.2 Å². The average Bonchev–Trinajstić information content (AvgIpc) is 3.12. The molecule has 2 aliphatic rings. The van der Waals surface area contributed by atoms with E-state index in [0.29, 0.717) is 0 Å². The van der Waals surface area contributed by atoms with Gasteiger partial charge in [-0.15, -0.1) is 12.3 Å². The van der Waals surface area contributed by atoms with Crippen molar-refractivity contribution < 1.29 is 0 Å². The fraction of sp³-hybridized carbons (Fsp3) is 0.875. The van der Waals surface area contributed by atoms with Crippen LogP contribution in [0.1, 0.15) is 58.3 Å². The number of unbranched alkanes of at least 4 members (excludes halogenated alkanes) is 1. The highest BCUT2D eigenvalue weighted by molar-refractivity contribution is 4.87. The third kappa shape index (κ3) is 4.36. The maximum absolute atomic E-state index is 5.35. The molecule has 0 aromatic rings. The van der Waals surface area contributed by atoms with Crippen LogP contribution in [0.5, 0.6) is 0 Å². The molecule has 0 aromatic carbocycles. The molecule has 2 rings (SSSR count). The third-order valence-corrected chi connectivity index (χ3v) is 4.54. The van der Waals surface area contributed by atoms with Gasteiger partial charge < -0.3 is 5.32 Å². The molecule has 2 saturated carbocycles. The van der Waals surface area contributed by atoms with Gasteiger partial charge in [-0.3, -0.25) is 0 Å². The van der Waals surface area contributed by atoms with Crippen molar-refractivity contribution in [3.05, 3.63) is 0 Å². The largest absolute Gasteiger partial charge is 0.314 e. The number of terminal acetylenes is 1. The van der Waals surface area contributed by atoms with Crippen molar-refractivity contribution in [1.29, 1.82) is 0 Å². The topological polar surface area (TPSA) is 12.0 Å². The van der Waals surface area contributed by atoms with Gasteiger partial charge in [0.1, 0.15) is 0 Å². The van der Waals surface area contributed by atoms with Crippen LogP contribution in [0.4, 0.5) is 0 Å². The molecule has 2 fully saturated rings. The van der Waals surface area contributed by atoms with Crippen LogP contribution in [0.3, 0.4) is 0 Å². The molecule has 3 atom stereocenters. The van der Waals surface area contributed by atoms with Crippen LogP contribution in [-0.2, 0) is 0 Å². The van der Waals surface area contributed by atoms with E-state index in [0.717, 1.165) is 30.2 Å². The van der Waals surface area contributed by atoms with E-state index < -0.39 is 0 Å². The molecular formula is C16H27N. The predicted molar refractivity (Wildman–Crippen MR) is 73.7 cm³/mol. The zero-order chi connectivity index (χ0) is 12.1. The van der Waals surface area contributed by atoms with Crippen molar-refractivity contribution in [3.63, 3.8) is 0 Å². The monoisotopic (exact) mass is 233 g/mol. The lowest BCUT2D eigenvalue weighted by atomic mass is 9.72. The summed E-state index contributed by atoms with van der Waals surface area (Å²) < 4.78 is 0. The quantitative estimate of drug-likeness (QED) is 0.546. The Morgan fingerprint density at radius 2 is 2.00 bits per heavy atom. The van der Waals surface area contributed by atoms with Gasteiger partial charge in [-0.2, -0.15) is 0 Å². The van der Waals surface area contributed by atoms with Gasteiger partial charge >= 0.3 is 0 Å². The summed E-state index contributed by atoms with van der Waals surface area (Å²) in [6, 6.07) is 0.862. The fourth-order valence-electron chi connectivity index (χ4n) is 3.26. The molecule has 1 N–H and O–H groups in total. The van der Waals surface area contributed by atoms with Crippen molar-refractivity contribution in [2.75, 3.05) is 6.54 Å². The van der Waals surface area contributed by atoms with E-state index in [1.807, 2.05) is 0 Å². The van der Waals surface area contributed by atoms with Crippen molar-refractivity contribution in [2.24, 2.45) is 17.8 Å². The molecular weight excluding hydrogens is 206 g/mol. The molecule has 0 amide bonds. The Morgan fingerprint density at radius 1 is 1.18 bits per heavy atom. The smallest absolute Gasteiger partial charge is 0.00861 e. The van der Waals surface area contributed by atoms with Gasteiger partial charge in [0.2, 0.25) is 0 Å². The molecule has 0 radical (unpaired) electrons. The zero-order valence-electron chi connectivity index (χ0n) is 11.3. The lowest BCUT2D eigenvalue weighted by molar-refractivity contribution is 0.172. The maximum atomic E-state index is 5.35. The van der Waals surface area contributed by atoms with Crippen molar-refractivity contribution in [2.45, 2.75) is 64.3 Å². The number of hydrogen-bond acceptors (Lipinski definition) is 1. The van der Waals surface area contributed by atoms with Crippen LogP contribution in [0.15, 0.2) is 0 Å². The summed E-state index contributed by atoms with van der Waals surface area (Å²) in [5, 5.41) is 3.72. The molecule has 96 valence electrons. The van der Waals surface area contributed by atoms with Gasteiger partial charge in [0.05, 0.1) is 0 Å². The molecule has 2 aliphatic carbocycles.